The zero-order chi connectivity index (χ0) is 15.4. The van der Waals surface area contributed by atoms with Crippen molar-refractivity contribution in [1.82, 2.24) is 0 Å². The maximum atomic E-state index is 12.0. The summed E-state index contributed by atoms with van der Waals surface area (Å²) in [5.41, 5.74) is 0.949. The van der Waals surface area contributed by atoms with Gasteiger partial charge in [0.05, 0.1) is 28.0 Å². The molecule has 0 radical (unpaired) electrons. The highest BCUT2D eigenvalue weighted by Crippen LogP contribution is 2.35. The van der Waals surface area contributed by atoms with Crippen LogP contribution in [0.5, 0.6) is 0 Å². The number of esters is 1. The standard InChI is InChI=1S/C14H11Cl2NO3S/c1-2-20-14(19)12(18)13-10(6-7-21-13)17-11-8(15)4-3-5-9(11)16/h3-7,17H,2H2,1H3. The predicted octanol–water partition coefficient (Wildman–Crippen LogP) is 4.54. The van der Waals surface area contributed by atoms with E-state index in [2.05, 4.69) is 5.32 Å². The Labute approximate surface area is 135 Å². The van der Waals surface area contributed by atoms with Crippen LogP contribution in [0.2, 0.25) is 10.0 Å². The molecule has 0 fully saturated rings. The molecule has 110 valence electrons. The summed E-state index contributed by atoms with van der Waals surface area (Å²) in [4.78, 5) is 23.8. The average Bonchev–Trinajstić information content (AvgIpc) is 2.90. The van der Waals surface area contributed by atoms with Gasteiger partial charge in [0.25, 0.3) is 5.78 Å². The number of para-hydroxylation sites is 1. The van der Waals surface area contributed by atoms with Gasteiger partial charge in [0.2, 0.25) is 0 Å². The van der Waals surface area contributed by atoms with E-state index in [1.54, 1.807) is 36.6 Å². The van der Waals surface area contributed by atoms with Crippen molar-refractivity contribution < 1.29 is 14.3 Å². The maximum absolute atomic E-state index is 12.0. The van der Waals surface area contributed by atoms with Crippen LogP contribution in [0.3, 0.4) is 0 Å². The van der Waals surface area contributed by atoms with Crippen molar-refractivity contribution in [3.05, 3.63) is 44.6 Å². The summed E-state index contributed by atoms with van der Waals surface area (Å²) >= 11 is 13.3. The minimum atomic E-state index is -0.881. The fraction of sp³-hybridized carbons (Fsp3) is 0.143. The lowest BCUT2D eigenvalue weighted by atomic mass is 10.2. The summed E-state index contributed by atoms with van der Waals surface area (Å²) < 4.78 is 4.72. The molecular weight excluding hydrogens is 333 g/mol. The van der Waals surface area contributed by atoms with Gasteiger partial charge in [-0.25, -0.2) is 4.79 Å². The van der Waals surface area contributed by atoms with Gasteiger partial charge in [-0.3, -0.25) is 4.79 Å². The van der Waals surface area contributed by atoms with Crippen molar-refractivity contribution >= 4 is 57.7 Å². The first-order valence-electron chi connectivity index (χ1n) is 6.04. The summed E-state index contributed by atoms with van der Waals surface area (Å²) in [6.07, 6.45) is 0. The highest BCUT2D eigenvalue weighted by Gasteiger charge is 2.23. The van der Waals surface area contributed by atoms with Gasteiger partial charge in [-0.15, -0.1) is 11.3 Å². The van der Waals surface area contributed by atoms with Gasteiger partial charge >= 0.3 is 5.97 Å². The number of rotatable bonds is 5. The van der Waals surface area contributed by atoms with E-state index >= 15 is 0 Å². The van der Waals surface area contributed by atoms with E-state index in [0.717, 1.165) is 11.3 Å². The Hall–Kier alpha value is -1.56. The molecular formula is C14H11Cl2NO3S. The normalized spacial score (nSPS) is 10.2. The number of ether oxygens (including phenoxy) is 1. The molecule has 1 heterocycles. The lowest BCUT2D eigenvalue weighted by molar-refractivity contribution is -0.137. The molecule has 21 heavy (non-hydrogen) atoms. The number of carbonyl (C=O) groups is 2. The molecule has 2 aromatic rings. The van der Waals surface area contributed by atoms with Crippen LogP contribution in [-0.2, 0) is 9.53 Å². The van der Waals surface area contributed by atoms with Gasteiger partial charge < -0.3 is 10.1 Å². The lowest BCUT2D eigenvalue weighted by Gasteiger charge is -2.10. The quantitative estimate of drug-likeness (QED) is 0.491. The minimum absolute atomic E-state index is 0.148. The van der Waals surface area contributed by atoms with E-state index in [0.29, 0.717) is 21.4 Å². The van der Waals surface area contributed by atoms with Crippen molar-refractivity contribution in [3.8, 4) is 0 Å². The fourth-order valence-corrected chi connectivity index (χ4v) is 2.89. The minimum Gasteiger partial charge on any atom is -0.460 e. The van der Waals surface area contributed by atoms with Gasteiger partial charge in [0, 0.05) is 0 Å². The molecule has 2 rings (SSSR count). The second-order valence-electron chi connectivity index (χ2n) is 3.93. The Morgan fingerprint density at radius 2 is 1.90 bits per heavy atom. The molecule has 0 amide bonds. The molecule has 0 saturated heterocycles. The summed E-state index contributed by atoms with van der Waals surface area (Å²) in [5, 5.41) is 5.52. The summed E-state index contributed by atoms with van der Waals surface area (Å²) in [6.45, 7) is 1.79. The first-order valence-corrected chi connectivity index (χ1v) is 7.68. The Morgan fingerprint density at radius 3 is 2.52 bits per heavy atom. The van der Waals surface area contributed by atoms with Crippen LogP contribution in [0.1, 0.15) is 16.6 Å². The molecule has 0 bridgehead atoms. The number of halogens is 2. The molecule has 0 aliphatic rings. The smallest absolute Gasteiger partial charge is 0.380 e. The van der Waals surface area contributed by atoms with E-state index in [1.807, 2.05) is 0 Å². The number of hydrogen-bond donors (Lipinski definition) is 1. The monoisotopic (exact) mass is 343 g/mol. The first-order chi connectivity index (χ1) is 10.0. The molecule has 4 nitrogen and oxygen atoms in total. The number of benzene rings is 1. The van der Waals surface area contributed by atoms with Gasteiger partial charge in [-0.05, 0) is 30.5 Å². The second kappa shape index (κ2) is 6.93. The highest BCUT2D eigenvalue weighted by atomic mass is 35.5. The zero-order valence-corrected chi connectivity index (χ0v) is 13.3. The number of thiophene rings is 1. The molecule has 0 unspecified atom stereocenters. The number of carbonyl (C=O) groups excluding carboxylic acids is 2. The van der Waals surface area contributed by atoms with Crippen molar-refractivity contribution in [3.63, 3.8) is 0 Å². The Morgan fingerprint density at radius 1 is 1.24 bits per heavy atom. The van der Waals surface area contributed by atoms with Crippen LogP contribution in [0.15, 0.2) is 29.6 Å². The first kappa shape index (κ1) is 15.8. The molecule has 0 aliphatic heterocycles. The third kappa shape index (κ3) is 3.56. The van der Waals surface area contributed by atoms with E-state index < -0.39 is 11.8 Å². The number of anilines is 2. The van der Waals surface area contributed by atoms with Crippen LogP contribution < -0.4 is 5.32 Å². The Balaban J connectivity index is 2.29. The van der Waals surface area contributed by atoms with Crippen molar-refractivity contribution in [2.45, 2.75) is 6.92 Å². The van der Waals surface area contributed by atoms with E-state index in [9.17, 15) is 9.59 Å². The number of nitrogens with one attached hydrogen (secondary N) is 1. The molecule has 7 heteroatoms. The molecule has 0 spiro atoms. The summed E-state index contributed by atoms with van der Waals surface area (Å²) in [5.74, 6) is -1.58. The molecule has 1 N–H and O–H groups in total. The maximum Gasteiger partial charge on any atom is 0.380 e. The number of hydrogen-bond acceptors (Lipinski definition) is 5. The van der Waals surface area contributed by atoms with Gasteiger partial charge in [-0.1, -0.05) is 29.3 Å². The SMILES string of the molecule is CCOC(=O)C(=O)c1sccc1Nc1c(Cl)cccc1Cl. The van der Waals surface area contributed by atoms with Crippen molar-refractivity contribution in [2.24, 2.45) is 0 Å². The van der Waals surface area contributed by atoms with Gasteiger partial charge in [-0.2, -0.15) is 0 Å². The average molecular weight is 344 g/mol. The van der Waals surface area contributed by atoms with E-state index in [1.165, 1.54) is 0 Å². The highest BCUT2D eigenvalue weighted by molar-refractivity contribution is 7.13. The molecule has 1 aromatic carbocycles. The van der Waals surface area contributed by atoms with Crippen molar-refractivity contribution in [2.75, 3.05) is 11.9 Å². The molecule has 0 atom stereocenters. The van der Waals surface area contributed by atoms with Crippen molar-refractivity contribution in [1.29, 1.82) is 0 Å². The summed E-state index contributed by atoms with van der Waals surface area (Å²) in [6, 6.07) is 6.74. The Bertz CT molecular complexity index is 664. The third-order valence-corrected chi connectivity index (χ3v) is 4.10. The van der Waals surface area contributed by atoms with E-state index in [4.69, 9.17) is 27.9 Å². The fourth-order valence-electron chi connectivity index (χ4n) is 1.62. The second-order valence-corrected chi connectivity index (χ2v) is 5.67. The Kier molecular flexibility index (Phi) is 5.22. The summed E-state index contributed by atoms with van der Waals surface area (Å²) in [7, 11) is 0. The number of ketones is 1. The van der Waals surface area contributed by atoms with Gasteiger partial charge in [0.1, 0.15) is 4.88 Å². The van der Waals surface area contributed by atoms with Crippen LogP contribution in [0.25, 0.3) is 0 Å². The molecule has 1 aromatic heterocycles. The largest absolute Gasteiger partial charge is 0.460 e. The number of Topliss-reactive ketones (excluding diaryl/α,β-unsaturated/α-hetero) is 1. The van der Waals surface area contributed by atoms with Gasteiger partial charge in [0.15, 0.2) is 0 Å². The molecule has 0 saturated carbocycles. The van der Waals surface area contributed by atoms with Crippen LogP contribution >= 0.6 is 34.5 Å². The van der Waals surface area contributed by atoms with Crippen LogP contribution in [-0.4, -0.2) is 18.4 Å². The topological polar surface area (TPSA) is 55.4 Å². The molecule has 0 aliphatic carbocycles. The predicted molar refractivity (Wildman–Crippen MR) is 85.0 cm³/mol. The third-order valence-electron chi connectivity index (χ3n) is 2.55. The van der Waals surface area contributed by atoms with Crippen LogP contribution in [0.4, 0.5) is 11.4 Å². The lowest BCUT2D eigenvalue weighted by Crippen LogP contribution is -2.17. The van der Waals surface area contributed by atoms with Crippen LogP contribution in [0, 0.1) is 0 Å². The zero-order valence-electron chi connectivity index (χ0n) is 11.0. The van der Waals surface area contributed by atoms with E-state index in [-0.39, 0.29) is 11.5 Å².